The third-order valence-electron chi connectivity index (χ3n) is 3.24. The van der Waals surface area contributed by atoms with Crippen molar-refractivity contribution >= 4 is 0 Å². The van der Waals surface area contributed by atoms with Crippen LogP contribution in [0.2, 0.25) is 0 Å². The van der Waals surface area contributed by atoms with Crippen LogP contribution in [0, 0.1) is 0 Å². The standard InChI is InChI=1S/C13H19NO/c1-10(11-6-3-2-4-7-11)14-12-8-5-9-13(12)15/h2-4,6-7,10,12-15H,5,8-9H2,1H3/t10-,12+,13-/m0/s1. The summed E-state index contributed by atoms with van der Waals surface area (Å²) in [6, 6.07) is 11.0. The molecule has 0 aromatic heterocycles. The molecular weight excluding hydrogens is 186 g/mol. The molecule has 0 aliphatic heterocycles. The number of aliphatic hydroxyl groups excluding tert-OH is 1. The second kappa shape index (κ2) is 4.77. The number of aliphatic hydroxyl groups is 1. The van der Waals surface area contributed by atoms with Crippen molar-refractivity contribution in [2.45, 2.75) is 44.4 Å². The van der Waals surface area contributed by atoms with E-state index in [2.05, 4.69) is 36.5 Å². The highest BCUT2D eigenvalue weighted by atomic mass is 16.3. The number of benzene rings is 1. The topological polar surface area (TPSA) is 32.3 Å². The predicted molar refractivity (Wildman–Crippen MR) is 61.6 cm³/mol. The first-order valence-electron chi connectivity index (χ1n) is 5.76. The quantitative estimate of drug-likeness (QED) is 0.793. The molecule has 3 atom stereocenters. The Kier molecular flexibility index (Phi) is 3.39. The van der Waals surface area contributed by atoms with Gasteiger partial charge in [0, 0.05) is 12.1 Å². The van der Waals surface area contributed by atoms with E-state index in [0.29, 0.717) is 6.04 Å². The van der Waals surface area contributed by atoms with Crippen molar-refractivity contribution in [2.24, 2.45) is 0 Å². The summed E-state index contributed by atoms with van der Waals surface area (Å²) in [7, 11) is 0. The predicted octanol–water partition coefficient (Wildman–Crippen LogP) is 2.25. The monoisotopic (exact) mass is 205 g/mol. The number of rotatable bonds is 3. The highest BCUT2D eigenvalue weighted by Gasteiger charge is 2.26. The fraction of sp³-hybridized carbons (Fsp3) is 0.538. The third-order valence-corrected chi connectivity index (χ3v) is 3.24. The minimum absolute atomic E-state index is 0.156. The molecule has 0 radical (unpaired) electrons. The van der Waals surface area contributed by atoms with E-state index in [-0.39, 0.29) is 12.1 Å². The van der Waals surface area contributed by atoms with Crippen LogP contribution in [0.5, 0.6) is 0 Å². The SMILES string of the molecule is C[C@H](N[C@@H]1CCC[C@@H]1O)c1ccccc1. The number of nitrogens with one attached hydrogen (secondary N) is 1. The van der Waals surface area contributed by atoms with Gasteiger partial charge in [-0.25, -0.2) is 0 Å². The molecule has 1 saturated carbocycles. The van der Waals surface area contributed by atoms with E-state index < -0.39 is 0 Å². The lowest BCUT2D eigenvalue weighted by Gasteiger charge is -2.22. The molecular formula is C13H19NO. The summed E-state index contributed by atoms with van der Waals surface area (Å²) in [4.78, 5) is 0. The van der Waals surface area contributed by atoms with Crippen LogP contribution in [0.1, 0.15) is 37.8 Å². The van der Waals surface area contributed by atoms with Crippen molar-refractivity contribution in [3.63, 3.8) is 0 Å². The minimum atomic E-state index is -0.156. The van der Waals surface area contributed by atoms with Gasteiger partial charge in [-0.3, -0.25) is 0 Å². The first kappa shape index (κ1) is 10.7. The average Bonchev–Trinajstić information content (AvgIpc) is 2.66. The molecule has 0 bridgehead atoms. The van der Waals surface area contributed by atoms with Gasteiger partial charge in [0.15, 0.2) is 0 Å². The Labute approximate surface area is 91.3 Å². The van der Waals surface area contributed by atoms with Crippen molar-refractivity contribution in [3.05, 3.63) is 35.9 Å². The normalized spacial score (nSPS) is 27.9. The van der Waals surface area contributed by atoms with Crippen LogP contribution in [0.3, 0.4) is 0 Å². The van der Waals surface area contributed by atoms with Gasteiger partial charge in [0.05, 0.1) is 6.10 Å². The Morgan fingerprint density at radius 2 is 2.00 bits per heavy atom. The van der Waals surface area contributed by atoms with Crippen molar-refractivity contribution in [3.8, 4) is 0 Å². The summed E-state index contributed by atoms with van der Waals surface area (Å²) in [6.07, 6.45) is 3.02. The maximum Gasteiger partial charge on any atom is 0.0693 e. The molecule has 0 amide bonds. The van der Waals surface area contributed by atoms with Gasteiger partial charge in [0.25, 0.3) is 0 Å². The lowest BCUT2D eigenvalue weighted by Crippen LogP contribution is -2.37. The van der Waals surface area contributed by atoms with Crippen LogP contribution in [-0.4, -0.2) is 17.3 Å². The molecule has 1 aliphatic rings. The van der Waals surface area contributed by atoms with Crippen molar-refractivity contribution in [2.75, 3.05) is 0 Å². The molecule has 1 aromatic carbocycles. The maximum absolute atomic E-state index is 9.72. The number of hydrogen-bond donors (Lipinski definition) is 2. The molecule has 2 heteroatoms. The molecule has 2 N–H and O–H groups in total. The summed E-state index contributed by atoms with van der Waals surface area (Å²) in [5.74, 6) is 0. The molecule has 1 aromatic rings. The lowest BCUT2D eigenvalue weighted by molar-refractivity contribution is 0.144. The summed E-state index contributed by atoms with van der Waals surface area (Å²) in [6.45, 7) is 2.15. The van der Waals surface area contributed by atoms with E-state index in [4.69, 9.17) is 0 Å². The van der Waals surface area contributed by atoms with Crippen LogP contribution in [0.25, 0.3) is 0 Å². The zero-order valence-corrected chi connectivity index (χ0v) is 9.19. The Balaban J connectivity index is 1.95. The molecule has 15 heavy (non-hydrogen) atoms. The second-order valence-electron chi connectivity index (χ2n) is 4.40. The molecule has 1 fully saturated rings. The van der Waals surface area contributed by atoms with Crippen LogP contribution >= 0.6 is 0 Å². The van der Waals surface area contributed by atoms with Crippen molar-refractivity contribution in [1.82, 2.24) is 5.32 Å². The first-order chi connectivity index (χ1) is 7.27. The molecule has 82 valence electrons. The molecule has 0 spiro atoms. The summed E-state index contributed by atoms with van der Waals surface area (Å²) in [5, 5.41) is 13.2. The summed E-state index contributed by atoms with van der Waals surface area (Å²) in [5.41, 5.74) is 1.29. The van der Waals surface area contributed by atoms with Crippen LogP contribution in [0.15, 0.2) is 30.3 Å². The van der Waals surface area contributed by atoms with E-state index in [1.165, 1.54) is 5.56 Å². The lowest BCUT2D eigenvalue weighted by atomic mass is 10.1. The molecule has 0 unspecified atom stereocenters. The maximum atomic E-state index is 9.72. The molecule has 2 nitrogen and oxygen atoms in total. The highest BCUT2D eigenvalue weighted by molar-refractivity contribution is 5.18. The summed E-state index contributed by atoms with van der Waals surface area (Å²) < 4.78 is 0. The Morgan fingerprint density at radius 3 is 2.60 bits per heavy atom. The van der Waals surface area contributed by atoms with Crippen molar-refractivity contribution in [1.29, 1.82) is 0 Å². The minimum Gasteiger partial charge on any atom is -0.392 e. The number of hydrogen-bond acceptors (Lipinski definition) is 2. The molecule has 1 aliphatic carbocycles. The average molecular weight is 205 g/mol. The second-order valence-corrected chi connectivity index (χ2v) is 4.40. The highest BCUT2D eigenvalue weighted by Crippen LogP contribution is 2.22. The largest absolute Gasteiger partial charge is 0.392 e. The zero-order valence-electron chi connectivity index (χ0n) is 9.19. The Morgan fingerprint density at radius 1 is 1.27 bits per heavy atom. The first-order valence-corrected chi connectivity index (χ1v) is 5.76. The van der Waals surface area contributed by atoms with E-state index >= 15 is 0 Å². The molecule has 0 saturated heterocycles. The molecule has 2 rings (SSSR count). The summed E-state index contributed by atoms with van der Waals surface area (Å²) >= 11 is 0. The van der Waals surface area contributed by atoms with Crippen molar-refractivity contribution < 1.29 is 5.11 Å². The molecule has 0 heterocycles. The van der Waals surface area contributed by atoms with Gasteiger partial charge in [-0.15, -0.1) is 0 Å². The van der Waals surface area contributed by atoms with Crippen LogP contribution in [0.4, 0.5) is 0 Å². The van der Waals surface area contributed by atoms with E-state index in [1.807, 2.05) is 6.07 Å². The zero-order chi connectivity index (χ0) is 10.7. The Hall–Kier alpha value is -0.860. The fourth-order valence-electron chi connectivity index (χ4n) is 2.29. The van der Waals surface area contributed by atoms with E-state index in [1.54, 1.807) is 0 Å². The Bertz CT molecular complexity index is 299. The smallest absolute Gasteiger partial charge is 0.0693 e. The van der Waals surface area contributed by atoms with Gasteiger partial charge >= 0.3 is 0 Å². The van der Waals surface area contributed by atoms with Gasteiger partial charge in [0.1, 0.15) is 0 Å². The van der Waals surface area contributed by atoms with Crippen LogP contribution in [-0.2, 0) is 0 Å². The van der Waals surface area contributed by atoms with E-state index in [9.17, 15) is 5.11 Å². The van der Waals surface area contributed by atoms with Crippen LogP contribution < -0.4 is 5.32 Å². The fourth-order valence-corrected chi connectivity index (χ4v) is 2.29. The van der Waals surface area contributed by atoms with E-state index in [0.717, 1.165) is 19.3 Å². The van der Waals surface area contributed by atoms with Gasteiger partial charge < -0.3 is 10.4 Å². The van der Waals surface area contributed by atoms with Gasteiger partial charge in [-0.05, 0) is 31.7 Å². The van der Waals surface area contributed by atoms with Gasteiger partial charge in [-0.2, -0.15) is 0 Å². The third kappa shape index (κ3) is 2.58. The van der Waals surface area contributed by atoms with Gasteiger partial charge in [0.2, 0.25) is 0 Å². The van der Waals surface area contributed by atoms with Gasteiger partial charge in [-0.1, -0.05) is 30.3 Å².